The van der Waals surface area contributed by atoms with Gasteiger partial charge in [-0.15, -0.1) is 0 Å². The van der Waals surface area contributed by atoms with Crippen molar-refractivity contribution < 1.29 is 4.74 Å². The minimum atomic E-state index is 0.160. The highest BCUT2D eigenvalue weighted by Gasteiger charge is 2.09. The maximum Gasteiger partial charge on any atom is 0.122 e. The van der Waals surface area contributed by atoms with Gasteiger partial charge < -0.3 is 15.0 Å². The number of benzene rings is 2. The Kier molecular flexibility index (Phi) is 5.44. The highest BCUT2D eigenvalue weighted by molar-refractivity contribution is 5.83. The van der Waals surface area contributed by atoms with Gasteiger partial charge in [-0.1, -0.05) is 30.3 Å². The summed E-state index contributed by atoms with van der Waals surface area (Å²) < 4.78 is 6.07. The van der Waals surface area contributed by atoms with E-state index in [9.17, 15) is 0 Å². The van der Waals surface area contributed by atoms with Crippen LogP contribution in [0.5, 0.6) is 5.75 Å². The van der Waals surface area contributed by atoms with E-state index in [1.54, 1.807) is 0 Å². The van der Waals surface area contributed by atoms with Crippen LogP contribution in [0.25, 0.3) is 10.9 Å². The molecule has 1 heterocycles. The zero-order valence-corrected chi connectivity index (χ0v) is 15.4. The van der Waals surface area contributed by atoms with E-state index in [4.69, 9.17) is 4.74 Å². The van der Waals surface area contributed by atoms with Crippen molar-refractivity contribution in [2.45, 2.75) is 39.2 Å². The lowest BCUT2D eigenvalue weighted by molar-refractivity contribution is 0.296. The summed E-state index contributed by atoms with van der Waals surface area (Å²) in [6.45, 7) is 8.25. The first-order valence-corrected chi connectivity index (χ1v) is 9.04. The number of hydrogen-bond donors (Lipinski definition) is 2. The average molecular weight is 336 g/mol. The van der Waals surface area contributed by atoms with E-state index in [0.717, 1.165) is 31.7 Å². The molecule has 3 heteroatoms. The molecule has 0 fully saturated rings. The Morgan fingerprint density at radius 2 is 1.76 bits per heavy atom. The van der Waals surface area contributed by atoms with Gasteiger partial charge in [-0.05, 0) is 63.1 Å². The van der Waals surface area contributed by atoms with Crippen molar-refractivity contribution in [3.63, 3.8) is 0 Å². The molecule has 0 aliphatic heterocycles. The largest absolute Gasteiger partial charge is 0.493 e. The van der Waals surface area contributed by atoms with Gasteiger partial charge in [0.15, 0.2) is 0 Å². The Bertz CT molecular complexity index is 814. The number of hydrogen-bond acceptors (Lipinski definition) is 2. The second kappa shape index (κ2) is 7.75. The normalized spacial score (nSPS) is 11.8. The second-order valence-electron chi connectivity index (χ2n) is 7.52. The average Bonchev–Trinajstić information content (AvgIpc) is 3.05. The van der Waals surface area contributed by atoms with Crippen molar-refractivity contribution in [2.24, 2.45) is 0 Å². The fraction of sp³-hybridized carbons (Fsp3) is 0.364. The molecule has 2 N–H and O–H groups in total. The first kappa shape index (κ1) is 17.6. The van der Waals surface area contributed by atoms with Gasteiger partial charge in [0.2, 0.25) is 0 Å². The van der Waals surface area contributed by atoms with Crippen LogP contribution >= 0.6 is 0 Å². The minimum absolute atomic E-state index is 0.160. The number of fused-ring (bicyclic) bond motifs is 1. The molecule has 3 nitrogen and oxygen atoms in total. The van der Waals surface area contributed by atoms with Crippen LogP contribution in [0, 0.1) is 0 Å². The Morgan fingerprint density at radius 1 is 0.960 bits per heavy atom. The summed E-state index contributed by atoms with van der Waals surface area (Å²) in [4.78, 5) is 3.28. The van der Waals surface area contributed by atoms with E-state index in [1.165, 1.54) is 22.0 Å². The molecule has 0 saturated heterocycles. The quantitative estimate of drug-likeness (QED) is 0.601. The maximum atomic E-state index is 6.07. The van der Waals surface area contributed by atoms with Crippen LogP contribution in [0.2, 0.25) is 0 Å². The molecular formula is C22H28N2O. The van der Waals surface area contributed by atoms with Crippen molar-refractivity contribution >= 4 is 10.9 Å². The third-order valence-electron chi connectivity index (χ3n) is 4.27. The number of aromatic nitrogens is 1. The van der Waals surface area contributed by atoms with E-state index in [0.29, 0.717) is 0 Å². The van der Waals surface area contributed by atoms with Gasteiger partial charge in [0.25, 0.3) is 0 Å². The molecule has 3 aromatic rings. The molecule has 3 rings (SSSR count). The zero-order valence-electron chi connectivity index (χ0n) is 15.4. The molecule has 1 aromatic heterocycles. The van der Waals surface area contributed by atoms with Gasteiger partial charge >= 0.3 is 0 Å². The van der Waals surface area contributed by atoms with E-state index >= 15 is 0 Å². The van der Waals surface area contributed by atoms with E-state index < -0.39 is 0 Å². The predicted molar refractivity (Wildman–Crippen MR) is 105 cm³/mol. The number of rotatable bonds is 7. The lowest BCUT2D eigenvalue weighted by atomic mass is 10.0. The summed E-state index contributed by atoms with van der Waals surface area (Å²) in [6, 6.07) is 16.9. The van der Waals surface area contributed by atoms with Gasteiger partial charge in [0.05, 0.1) is 6.61 Å². The maximum absolute atomic E-state index is 6.07. The number of nitrogens with one attached hydrogen (secondary N) is 2. The molecule has 0 spiro atoms. The molecule has 0 saturated carbocycles. The van der Waals surface area contributed by atoms with Gasteiger partial charge in [-0.3, -0.25) is 0 Å². The Balaban J connectivity index is 1.64. The summed E-state index contributed by atoms with van der Waals surface area (Å²) >= 11 is 0. The Labute approximate surface area is 150 Å². The molecule has 132 valence electrons. The molecule has 0 atom stereocenters. The molecule has 0 bridgehead atoms. The van der Waals surface area contributed by atoms with Crippen LogP contribution < -0.4 is 10.1 Å². The van der Waals surface area contributed by atoms with Gasteiger partial charge in [-0.2, -0.15) is 0 Å². The zero-order chi connectivity index (χ0) is 17.7. The lowest BCUT2D eigenvalue weighted by Crippen LogP contribution is -2.36. The molecular weight excluding hydrogens is 308 g/mol. The van der Waals surface area contributed by atoms with E-state index in [2.05, 4.69) is 73.5 Å². The van der Waals surface area contributed by atoms with Gasteiger partial charge in [-0.25, -0.2) is 0 Å². The van der Waals surface area contributed by atoms with Gasteiger partial charge in [0, 0.05) is 29.1 Å². The number of ether oxygens (including phenoxy) is 1. The highest BCUT2D eigenvalue weighted by atomic mass is 16.5. The fourth-order valence-electron chi connectivity index (χ4n) is 3.02. The third-order valence-corrected chi connectivity index (χ3v) is 4.27. The molecule has 2 aromatic carbocycles. The summed E-state index contributed by atoms with van der Waals surface area (Å²) in [5.74, 6) is 0.991. The summed E-state index contributed by atoms with van der Waals surface area (Å²) in [6.07, 6.45) is 3.88. The van der Waals surface area contributed by atoms with Crippen LogP contribution in [0.3, 0.4) is 0 Å². The Hall–Kier alpha value is -2.26. The van der Waals surface area contributed by atoms with Crippen molar-refractivity contribution in [3.8, 4) is 5.75 Å². The predicted octanol–water partition coefficient (Wildman–Crippen LogP) is 4.92. The first-order valence-electron chi connectivity index (χ1n) is 9.04. The molecule has 0 amide bonds. The SMILES string of the molecule is CC(C)(C)NCCCOc1ccccc1Cc1cccc2[nH]ccc12. The van der Waals surface area contributed by atoms with Crippen molar-refractivity contribution in [2.75, 3.05) is 13.2 Å². The topological polar surface area (TPSA) is 37.0 Å². The lowest BCUT2D eigenvalue weighted by Gasteiger charge is -2.20. The Morgan fingerprint density at radius 3 is 2.60 bits per heavy atom. The number of aromatic amines is 1. The van der Waals surface area contributed by atoms with Crippen LogP contribution in [0.4, 0.5) is 0 Å². The minimum Gasteiger partial charge on any atom is -0.493 e. The van der Waals surface area contributed by atoms with Crippen LogP contribution in [-0.4, -0.2) is 23.7 Å². The highest BCUT2D eigenvalue weighted by Crippen LogP contribution is 2.25. The molecule has 0 aliphatic carbocycles. The van der Waals surface area contributed by atoms with E-state index in [1.807, 2.05) is 12.3 Å². The summed E-state index contributed by atoms with van der Waals surface area (Å²) in [7, 11) is 0. The van der Waals surface area contributed by atoms with Gasteiger partial charge in [0.1, 0.15) is 5.75 Å². The van der Waals surface area contributed by atoms with Crippen molar-refractivity contribution in [1.29, 1.82) is 0 Å². The molecule has 25 heavy (non-hydrogen) atoms. The molecule has 0 aliphatic rings. The van der Waals surface area contributed by atoms with E-state index in [-0.39, 0.29) is 5.54 Å². The number of H-pyrrole nitrogens is 1. The fourth-order valence-corrected chi connectivity index (χ4v) is 3.02. The van der Waals surface area contributed by atoms with Crippen LogP contribution in [-0.2, 0) is 6.42 Å². The van der Waals surface area contributed by atoms with Crippen LogP contribution in [0.15, 0.2) is 54.7 Å². The summed E-state index contributed by atoms with van der Waals surface area (Å²) in [5.41, 5.74) is 3.90. The van der Waals surface area contributed by atoms with Crippen molar-refractivity contribution in [3.05, 3.63) is 65.9 Å². The second-order valence-corrected chi connectivity index (χ2v) is 7.52. The smallest absolute Gasteiger partial charge is 0.122 e. The van der Waals surface area contributed by atoms with Crippen LogP contribution in [0.1, 0.15) is 38.3 Å². The monoisotopic (exact) mass is 336 g/mol. The standard InChI is InChI=1S/C22H28N2O/c1-22(2,3)24-13-7-15-25-21-11-5-4-8-18(21)16-17-9-6-10-20-19(17)12-14-23-20/h4-6,8-12,14,23-24H,7,13,15-16H2,1-3H3. The first-order chi connectivity index (χ1) is 12.0. The van der Waals surface area contributed by atoms with Crippen molar-refractivity contribution in [1.82, 2.24) is 10.3 Å². The number of para-hydroxylation sites is 1. The third kappa shape index (κ3) is 4.86. The molecule has 0 radical (unpaired) electrons. The summed E-state index contributed by atoms with van der Waals surface area (Å²) in [5, 5.41) is 4.78. The molecule has 0 unspecified atom stereocenters.